The highest BCUT2D eigenvalue weighted by Crippen LogP contribution is 2.25. The number of halogens is 1. The van der Waals surface area contributed by atoms with E-state index in [1.54, 1.807) is 0 Å². The molecule has 2 unspecified atom stereocenters. The zero-order valence-electron chi connectivity index (χ0n) is 9.17. The van der Waals surface area contributed by atoms with Crippen molar-refractivity contribution in [2.75, 3.05) is 6.54 Å². The Morgan fingerprint density at radius 3 is 2.73 bits per heavy atom. The van der Waals surface area contributed by atoms with Gasteiger partial charge in [0.15, 0.2) is 0 Å². The van der Waals surface area contributed by atoms with E-state index in [4.69, 9.17) is 0 Å². The van der Waals surface area contributed by atoms with E-state index in [1.807, 2.05) is 0 Å². The first kappa shape index (κ1) is 11.2. The molecule has 1 aromatic carbocycles. The van der Waals surface area contributed by atoms with E-state index >= 15 is 0 Å². The zero-order chi connectivity index (χ0) is 10.7. The Labute approximate surface area is 100 Å². The van der Waals surface area contributed by atoms with Crippen LogP contribution in [-0.4, -0.2) is 12.6 Å². The summed E-state index contributed by atoms with van der Waals surface area (Å²) < 4.78 is 1.16. The van der Waals surface area contributed by atoms with E-state index in [2.05, 4.69) is 52.4 Å². The molecule has 1 nitrogen and oxygen atoms in total. The second kappa shape index (κ2) is 5.13. The van der Waals surface area contributed by atoms with E-state index in [-0.39, 0.29) is 0 Å². The molecule has 0 amide bonds. The van der Waals surface area contributed by atoms with Crippen LogP contribution in [0.15, 0.2) is 28.7 Å². The Kier molecular flexibility index (Phi) is 3.81. The molecule has 82 valence electrons. The van der Waals surface area contributed by atoms with Gasteiger partial charge in [0.2, 0.25) is 0 Å². The molecule has 0 bridgehead atoms. The summed E-state index contributed by atoms with van der Waals surface area (Å²) in [5, 5.41) is 3.56. The molecule has 0 radical (unpaired) electrons. The smallest absolute Gasteiger partial charge is 0.0175 e. The molecule has 0 saturated carbocycles. The third kappa shape index (κ3) is 3.05. The molecule has 15 heavy (non-hydrogen) atoms. The van der Waals surface area contributed by atoms with E-state index in [1.165, 1.54) is 31.4 Å². The maximum Gasteiger partial charge on any atom is 0.0175 e. The van der Waals surface area contributed by atoms with Crippen LogP contribution in [0.2, 0.25) is 0 Å². The second-order valence-corrected chi connectivity index (χ2v) is 5.40. The third-order valence-electron chi connectivity index (χ3n) is 3.24. The molecule has 2 heteroatoms. The Balaban J connectivity index is 1.94. The lowest BCUT2D eigenvalue weighted by Crippen LogP contribution is -2.22. The number of benzene rings is 1. The molecule has 2 rings (SSSR count). The minimum atomic E-state index is 0.661. The van der Waals surface area contributed by atoms with Crippen molar-refractivity contribution >= 4 is 15.9 Å². The predicted octanol–water partition coefficient (Wildman–Crippen LogP) is 3.69. The van der Waals surface area contributed by atoms with E-state index in [9.17, 15) is 0 Å². The van der Waals surface area contributed by atoms with Gasteiger partial charge in [0.1, 0.15) is 0 Å². The average molecular weight is 268 g/mol. The molecule has 1 aromatic rings. The highest BCUT2D eigenvalue weighted by atomic mass is 79.9. The van der Waals surface area contributed by atoms with Crippen LogP contribution < -0.4 is 5.32 Å². The molecule has 0 spiro atoms. The first-order valence-electron chi connectivity index (χ1n) is 5.74. The lowest BCUT2D eigenvalue weighted by atomic mass is 9.93. The van der Waals surface area contributed by atoms with Crippen molar-refractivity contribution in [1.82, 2.24) is 5.32 Å². The van der Waals surface area contributed by atoms with Gasteiger partial charge in [0.25, 0.3) is 0 Å². The Morgan fingerprint density at radius 2 is 2.13 bits per heavy atom. The molecular weight excluding hydrogens is 250 g/mol. The molecule has 1 aliphatic heterocycles. The molecule has 1 heterocycles. The van der Waals surface area contributed by atoms with Crippen LogP contribution in [0.3, 0.4) is 0 Å². The molecule has 0 aromatic heterocycles. The molecule has 1 saturated heterocycles. The van der Waals surface area contributed by atoms with Crippen molar-refractivity contribution < 1.29 is 0 Å². The predicted molar refractivity (Wildman–Crippen MR) is 68.2 cm³/mol. The van der Waals surface area contributed by atoms with Crippen molar-refractivity contribution in [2.45, 2.75) is 38.1 Å². The third-order valence-corrected chi connectivity index (χ3v) is 3.77. The summed E-state index contributed by atoms with van der Waals surface area (Å²) in [5.74, 6) is 0.661. The molecule has 0 aliphatic carbocycles. The summed E-state index contributed by atoms with van der Waals surface area (Å²) in [6.07, 6.45) is 3.96. The summed E-state index contributed by atoms with van der Waals surface area (Å²) in [6, 6.07) is 9.46. The lowest BCUT2D eigenvalue weighted by molar-refractivity contribution is 0.510. The van der Waals surface area contributed by atoms with E-state index < -0.39 is 0 Å². The van der Waals surface area contributed by atoms with Gasteiger partial charge in [0, 0.05) is 10.5 Å². The minimum absolute atomic E-state index is 0.661. The van der Waals surface area contributed by atoms with Gasteiger partial charge in [-0.05, 0) is 49.4 Å². The Hall–Kier alpha value is -0.340. The lowest BCUT2D eigenvalue weighted by Gasteiger charge is -2.17. The van der Waals surface area contributed by atoms with Crippen molar-refractivity contribution in [3.05, 3.63) is 34.3 Å². The number of hydrogen-bond acceptors (Lipinski definition) is 1. The Bertz CT molecular complexity index is 301. The summed E-state index contributed by atoms with van der Waals surface area (Å²) in [6.45, 7) is 3.53. The maximum absolute atomic E-state index is 3.56. The van der Waals surface area contributed by atoms with E-state index in [0.29, 0.717) is 5.92 Å². The van der Waals surface area contributed by atoms with Gasteiger partial charge < -0.3 is 5.32 Å². The van der Waals surface area contributed by atoms with Crippen LogP contribution >= 0.6 is 15.9 Å². The summed E-state index contributed by atoms with van der Waals surface area (Å²) >= 11 is 3.47. The normalized spacial score (nSPS) is 22.9. The Morgan fingerprint density at radius 1 is 1.40 bits per heavy atom. The van der Waals surface area contributed by atoms with Gasteiger partial charge >= 0.3 is 0 Å². The molecule has 1 aliphatic rings. The molecule has 1 fully saturated rings. The highest BCUT2D eigenvalue weighted by Gasteiger charge is 2.17. The standard InChI is InChI=1S/C13H18BrN/c1-10(9-13-3-2-8-15-13)11-4-6-12(14)7-5-11/h4-7,10,13,15H,2-3,8-9H2,1H3. The van der Waals surface area contributed by atoms with Crippen molar-refractivity contribution in [3.8, 4) is 0 Å². The van der Waals surface area contributed by atoms with Gasteiger partial charge in [0.05, 0.1) is 0 Å². The summed E-state index contributed by atoms with van der Waals surface area (Å²) in [4.78, 5) is 0. The van der Waals surface area contributed by atoms with Crippen LogP contribution in [-0.2, 0) is 0 Å². The van der Waals surface area contributed by atoms with Crippen molar-refractivity contribution in [2.24, 2.45) is 0 Å². The van der Waals surface area contributed by atoms with Crippen LogP contribution in [0.1, 0.15) is 37.7 Å². The van der Waals surface area contributed by atoms with Gasteiger partial charge in [-0.2, -0.15) is 0 Å². The van der Waals surface area contributed by atoms with Gasteiger partial charge in [-0.1, -0.05) is 35.0 Å². The minimum Gasteiger partial charge on any atom is -0.314 e. The van der Waals surface area contributed by atoms with Crippen molar-refractivity contribution in [3.63, 3.8) is 0 Å². The van der Waals surface area contributed by atoms with E-state index in [0.717, 1.165) is 10.5 Å². The first-order valence-corrected chi connectivity index (χ1v) is 6.54. The zero-order valence-corrected chi connectivity index (χ0v) is 10.8. The summed E-state index contributed by atoms with van der Waals surface area (Å²) in [5.41, 5.74) is 1.45. The number of rotatable bonds is 3. The van der Waals surface area contributed by atoms with Crippen LogP contribution in [0.4, 0.5) is 0 Å². The second-order valence-electron chi connectivity index (χ2n) is 4.48. The fraction of sp³-hybridized carbons (Fsp3) is 0.538. The highest BCUT2D eigenvalue weighted by molar-refractivity contribution is 9.10. The number of hydrogen-bond donors (Lipinski definition) is 1. The largest absolute Gasteiger partial charge is 0.314 e. The molecule has 1 N–H and O–H groups in total. The SMILES string of the molecule is CC(CC1CCCN1)c1ccc(Br)cc1. The van der Waals surface area contributed by atoms with Crippen LogP contribution in [0.25, 0.3) is 0 Å². The quantitative estimate of drug-likeness (QED) is 0.881. The van der Waals surface area contributed by atoms with Gasteiger partial charge in [-0.15, -0.1) is 0 Å². The van der Waals surface area contributed by atoms with Crippen LogP contribution in [0, 0.1) is 0 Å². The van der Waals surface area contributed by atoms with Gasteiger partial charge in [-0.25, -0.2) is 0 Å². The fourth-order valence-corrected chi connectivity index (χ4v) is 2.58. The topological polar surface area (TPSA) is 12.0 Å². The number of nitrogens with one attached hydrogen (secondary N) is 1. The first-order chi connectivity index (χ1) is 7.25. The molecular formula is C13H18BrN. The average Bonchev–Trinajstić information content (AvgIpc) is 2.71. The molecule has 2 atom stereocenters. The fourth-order valence-electron chi connectivity index (χ4n) is 2.31. The van der Waals surface area contributed by atoms with Crippen molar-refractivity contribution in [1.29, 1.82) is 0 Å². The summed E-state index contributed by atoms with van der Waals surface area (Å²) in [7, 11) is 0. The monoisotopic (exact) mass is 267 g/mol. The van der Waals surface area contributed by atoms with Crippen LogP contribution in [0.5, 0.6) is 0 Å². The maximum atomic E-state index is 3.56. The van der Waals surface area contributed by atoms with Gasteiger partial charge in [-0.3, -0.25) is 0 Å².